The Bertz CT molecular complexity index is 1160. The third kappa shape index (κ3) is 3.37. The fourth-order valence-corrected chi connectivity index (χ4v) is 3.04. The van der Waals surface area contributed by atoms with Crippen LogP contribution in [0.3, 0.4) is 0 Å². The van der Waals surface area contributed by atoms with Crippen LogP contribution in [0.15, 0.2) is 48.7 Å². The molecular formula is C20H20N6O2. The highest BCUT2D eigenvalue weighted by Crippen LogP contribution is 2.32. The summed E-state index contributed by atoms with van der Waals surface area (Å²) in [6.45, 7) is 3.79. The molecule has 3 heterocycles. The molecule has 0 aliphatic carbocycles. The van der Waals surface area contributed by atoms with Crippen molar-refractivity contribution >= 4 is 16.7 Å². The summed E-state index contributed by atoms with van der Waals surface area (Å²) in [4.78, 5) is 8.70. The molecule has 142 valence electrons. The number of benzene rings is 1. The first-order valence-corrected chi connectivity index (χ1v) is 8.79. The minimum absolute atomic E-state index is 0.0612. The second-order valence-electron chi connectivity index (χ2n) is 7.14. The number of fused-ring (bicyclic) bond motifs is 1. The van der Waals surface area contributed by atoms with Crippen LogP contribution in [-0.2, 0) is 12.1 Å². The Balaban J connectivity index is 1.70. The van der Waals surface area contributed by atoms with Crippen LogP contribution in [-0.4, -0.2) is 35.2 Å². The first-order chi connectivity index (χ1) is 13.3. The van der Waals surface area contributed by atoms with Gasteiger partial charge in [0.2, 0.25) is 0 Å². The molecule has 1 aromatic carbocycles. The number of aromatic nitrogens is 5. The lowest BCUT2D eigenvalue weighted by molar-refractivity contribution is 0.0736. The second kappa shape index (κ2) is 6.58. The zero-order valence-electron chi connectivity index (χ0n) is 15.5. The van der Waals surface area contributed by atoms with Crippen molar-refractivity contribution in [2.45, 2.75) is 26.0 Å². The molecule has 0 spiro atoms. The van der Waals surface area contributed by atoms with Crippen LogP contribution in [0.5, 0.6) is 5.75 Å². The summed E-state index contributed by atoms with van der Waals surface area (Å²) in [6.07, 6.45) is 1.79. The van der Waals surface area contributed by atoms with Gasteiger partial charge in [0.1, 0.15) is 28.4 Å². The maximum Gasteiger partial charge on any atom is 0.141 e. The van der Waals surface area contributed by atoms with Crippen LogP contribution >= 0.6 is 0 Å². The average molecular weight is 376 g/mol. The maximum atomic E-state index is 10.1. The second-order valence-corrected chi connectivity index (χ2v) is 7.14. The van der Waals surface area contributed by atoms with Gasteiger partial charge in [-0.25, -0.2) is 9.67 Å². The highest BCUT2D eigenvalue weighted by Gasteiger charge is 2.18. The lowest BCUT2D eigenvalue weighted by Gasteiger charge is -2.17. The molecule has 8 heteroatoms. The van der Waals surface area contributed by atoms with Crippen molar-refractivity contribution < 1.29 is 10.2 Å². The summed E-state index contributed by atoms with van der Waals surface area (Å²) in [5, 5.41) is 29.4. The van der Waals surface area contributed by atoms with E-state index >= 15 is 0 Å². The Labute approximate surface area is 161 Å². The van der Waals surface area contributed by atoms with E-state index in [9.17, 15) is 10.2 Å². The van der Waals surface area contributed by atoms with E-state index in [2.05, 4.69) is 20.3 Å². The molecule has 0 bridgehead atoms. The lowest BCUT2D eigenvalue weighted by atomic mass is 10.0. The molecule has 0 amide bonds. The molecule has 28 heavy (non-hydrogen) atoms. The quantitative estimate of drug-likeness (QED) is 0.500. The van der Waals surface area contributed by atoms with E-state index in [1.807, 2.05) is 18.2 Å². The number of pyridine rings is 2. The summed E-state index contributed by atoms with van der Waals surface area (Å²) in [5.41, 5.74) is 8.02. The van der Waals surface area contributed by atoms with Crippen molar-refractivity contribution in [3.63, 3.8) is 0 Å². The molecule has 0 atom stereocenters. The SMILES string of the molecule is CC(C)(O)c1cccc(Cn2cc(-c3cc(N)nc4c(O)cccc34)nn2)n1. The largest absolute Gasteiger partial charge is 0.506 e. The predicted molar refractivity (Wildman–Crippen MR) is 105 cm³/mol. The summed E-state index contributed by atoms with van der Waals surface area (Å²) < 4.78 is 1.66. The Kier molecular flexibility index (Phi) is 4.20. The number of anilines is 1. The molecule has 0 aliphatic heterocycles. The number of aromatic hydroxyl groups is 1. The lowest BCUT2D eigenvalue weighted by Crippen LogP contribution is -2.18. The average Bonchev–Trinajstić information content (AvgIpc) is 3.10. The van der Waals surface area contributed by atoms with Crippen LogP contribution in [0.2, 0.25) is 0 Å². The van der Waals surface area contributed by atoms with E-state index < -0.39 is 5.60 Å². The van der Waals surface area contributed by atoms with Crippen LogP contribution in [0.1, 0.15) is 25.2 Å². The summed E-state index contributed by atoms with van der Waals surface area (Å²) in [6, 6.07) is 12.4. The molecule has 0 unspecified atom stereocenters. The number of hydrogen-bond donors (Lipinski definition) is 3. The first kappa shape index (κ1) is 17.9. The minimum atomic E-state index is -1.01. The Morgan fingerprint density at radius 1 is 1.11 bits per heavy atom. The van der Waals surface area contributed by atoms with Crippen molar-refractivity contribution in [1.29, 1.82) is 0 Å². The standard InChI is InChI=1S/C20H20N6O2/c1-20(2,28)17-8-3-5-12(22-17)10-26-11-15(24-25-26)14-9-18(21)23-19-13(14)6-4-7-16(19)27/h3-9,11,27-28H,10H2,1-2H3,(H2,21,23). The molecule has 4 rings (SSSR count). The molecule has 0 aliphatic rings. The van der Waals surface area contributed by atoms with E-state index in [1.165, 1.54) is 0 Å². The van der Waals surface area contributed by atoms with Gasteiger partial charge in [-0.05, 0) is 38.1 Å². The van der Waals surface area contributed by atoms with Crippen molar-refractivity contribution in [3.05, 3.63) is 60.0 Å². The van der Waals surface area contributed by atoms with Gasteiger partial charge in [-0.1, -0.05) is 23.4 Å². The fraction of sp³-hybridized carbons (Fsp3) is 0.200. The Hall–Kier alpha value is -3.52. The molecular weight excluding hydrogens is 356 g/mol. The number of rotatable bonds is 4. The van der Waals surface area contributed by atoms with Gasteiger partial charge >= 0.3 is 0 Å². The first-order valence-electron chi connectivity index (χ1n) is 8.79. The van der Waals surface area contributed by atoms with Crippen LogP contribution in [0, 0.1) is 0 Å². The molecule has 4 aromatic rings. The van der Waals surface area contributed by atoms with Crippen LogP contribution < -0.4 is 5.73 Å². The van der Waals surface area contributed by atoms with E-state index in [0.29, 0.717) is 23.4 Å². The third-order valence-corrected chi connectivity index (χ3v) is 4.41. The summed E-state index contributed by atoms with van der Waals surface area (Å²) in [7, 11) is 0. The number of hydrogen-bond acceptors (Lipinski definition) is 7. The number of nitrogens with zero attached hydrogens (tertiary/aromatic N) is 5. The van der Waals surface area contributed by atoms with Gasteiger partial charge in [-0.3, -0.25) is 4.98 Å². The fourth-order valence-electron chi connectivity index (χ4n) is 3.04. The number of para-hydroxylation sites is 1. The molecule has 8 nitrogen and oxygen atoms in total. The number of aliphatic hydroxyl groups is 1. The van der Waals surface area contributed by atoms with E-state index in [-0.39, 0.29) is 11.6 Å². The van der Waals surface area contributed by atoms with E-state index in [1.54, 1.807) is 49.0 Å². The van der Waals surface area contributed by atoms with Gasteiger partial charge in [0, 0.05) is 10.9 Å². The van der Waals surface area contributed by atoms with Crippen LogP contribution in [0.4, 0.5) is 5.82 Å². The number of nitrogens with two attached hydrogens (primary N) is 1. The van der Waals surface area contributed by atoms with Crippen LogP contribution in [0.25, 0.3) is 22.2 Å². The number of nitrogen functional groups attached to an aromatic ring is 1. The third-order valence-electron chi connectivity index (χ3n) is 4.41. The summed E-state index contributed by atoms with van der Waals surface area (Å²) in [5.74, 6) is 0.351. The normalized spacial score (nSPS) is 11.8. The number of phenols is 1. The maximum absolute atomic E-state index is 10.1. The Morgan fingerprint density at radius 2 is 1.89 bits per heavy atom. The molecule has 0 saturated carbocycles. The number of phenolic OH excluding ortho intramolecular Hbond substituents is 1. The molecule has 0 saturated heterocycles. The highest BCUT2D eigenvalue weighted by molar-refractivity contribution is 5.97. The Morgan fingerprint density at radius 3 is 2.68 bits per heavy atom. The van der Waals surface area contributed by atoms with E-state index in [0.717, 1.165) is 16.6 Å². The van der Waals surface area contributed by atoms with Gasteiger partial charge in [0.05, 0.1) is 24.1 Å². The monoisotopic (exact) mass is 376 g/mol. The molecule has 3 aromatic heterocycles. The smallest absolute Gasteiger partial charge is 0.141 e. The van der Waals surface area contributed by atoms with Gasteiger partial charge in [-0.15, -0.1) is 5.10 Å². The predicted octanol–water partition coefficient (Wildman–Crippen LogP) is 2.45. The molecule has 0 fully saturated rings. The van der Waals surface area contributed by atoms with Gasteiger partial charge < -0.3 is 15.9 Å². The van der Waals surface area contributed by atoms with Crippen molar-refractivity contribution in [2.75, 3.05) is 5.73 Å². The van der Waals surface area contributed by atoms with Crippen molar-refractivity contribution in [2.24, 2.45) is 0 Å². The van der Waals surface area contributed by atoms with Gasteiger partial charge in [0.15, 0.2) is 0 Å². The minimum Gasteiger partial charge on any atom is -0.506 e. The highest BCUT2D eigenvalue weighted by atomic mass is 16.3. The zero-order valence-corrected chi connectivity index (χ0v) is 15.5. The van der Waals surface area contributed by atoms with Gasteiger partial charge in [0.25, 0.3) is 0 Å². The molecule has 4 N–H and O–H groups in total. The van der Waals surface area contributed by atoms with Gasteiger partial charge in [-0.2, -0.15) is 0 Å². The van der Waals surface area contributed by atoms with E-state index in [4.69, 9.17) is 5.73 Å². The summed E-state index contributed by atoms with van der Waals surface area (Å²) >= 11 is 0. The van der Waals surface area contributed by atoms with Crippen molar-refractivity contribution in [1.82, 2.24) is 25.0 Å². The zero-order chi connectivity index (χ0) is 19.9. The molecule has 0 radical (unpaired) electrons. The topological polar surface area (TPSA) is 123 Å². The van der Waals surface area contributed by atoms with Crippen molar-refractivity contribution in [3.8, 4) is 17.0 Å².